The molecule has 1 amide bonds. The maximum Gasteiger partial charge on any atom is 0.342 e. The number of phenols is 1. The van der Waals surface area contributed by atoms with Crippen molar-refractivity contribution in [1.82, 2.24) is 5.32 Å². The van der Waals surface area contributed by atoms with Crippen molar-refractivity contribution in [2.45, 2.75) is 19.9 Å². The number of aromatic hydroxyl groups is 1. The van der Waals surface area contributed by atoms with Crippen LogP contribution >= 0.6 is 0 Å². The zero-order valence-corrected chi connectivity index (χ0v) is 15.2. The summed E-state index contributed by atoms with van der Waals surface area (Å²) >= 11 is 0. The number of nitrogens with one attached hydrogen (secondary N) is 1. The van der Waals surface area contributed by atoms with E-state index in [0.29, 0.717) is 5.56 Å². The first-order valence-corrected chi connectivity index (χ1v) is 8.70. The largest absolute Gasteiger partial charge is 0.507 e. The van der Waals surface area contributed by atoms with Gasteiger partial charge in [0.25, 0.3) is 5.91 Å². The van der Waals surface area contributed by atoms with Crippen LogP contribution in [0.4, 0.5) is 0 Å². The molecular formula is C22H21NO4. The van der Waals surface area contributed by atoms with Crippen molar-refractivity contribution in [3.63, 3.8) is 0 Å². The van der Waals surface area contributed by atoms with Crippen LogP contribution < -0.4 is 5.32 Å². The van der Waals surface area contributed by atoms with Gasteiger partial charge in [-0.3, -0.25) is 4.79 Å². The summed E-state index contributed by atoms with van der Waals surface area (Å²) in [5.41, 5.74) is 1.60. The maximum absolute atomic E-state index is 12.2. The van der Waals surface area contributed by atoms with Crippen molar-refractivity contribution in [2.24, 2.45) is 0 Å². The Hall–Kier alpha value is -3.34. The molecule has 0 spiro atoms. The summed E-state index contributed by atoms with van der Waals surface area (Å²) in [6.07, 6.45) is 0. The highest BCUT2D eigenvalue weighted by molar-refractivity contribution is 5.94. The number of esters is 1. The number of fused-ring (bicyclic) bond motifs is 1. The molecule has 0 heterocycles. The third-order valence-corrected chi connectivity index (χ3v) is 4.46. The van der Waals surface area contributed by atoms with Gasteiger partial charge in [0.05, 0.1) is 6.04 Å². The Balaban J connectivity index is 1.63. The van der Waals surface area contributed by atoms with Gasteiger partial charge in [0.2, 0.25) is 0 Å². The first kappa shape index (κ1) is 18.5. The van der Waals surface area contributed by atoms with Crippen LogP contribution in [0.5, 0.6) is 5.75 Å². The molecule has 0 unspecified atom stereocenters. The normalized spacial score (nSPS) is 11.8. The summed E-state index contributed by atoms with van der Waals surface area (Å²) in [7, 11) is 0. The Morgan fingerprint density at radius 3 is 2.56 bits per heavy atom. The second-order valence-corrected chi connectivity index (χ2v) is 6.40. The lowest BCUT2D eigenvalue weighted by Gasteiger charge is -2.17. The molecule has 5 heteroatoms. The average Bonchev–Trinajstić information content (AvgIpc) is 2.67. The summed E-state index contributed by atoms with van der Waals surface area (Å²) < 4.78 is 5.04. The molecule has 0 aliphatic rings. The van der Waals surface area contributed by atoms with Crippen LogP contribution in [0.2, 0.25) is 0 Å². The maximum atomic E-state index is 12.2. The van der Waals surface area contributed by atoms with Crippen LogP contribution in [0, 0.1) is 6.92 Å². The van der Waals surface area contributed by atoms with Crippen LogP contribution in [0.15, 0.2) is 60.7 Å². The molecule has 3 rings (SSSR count). The quantitative estimate of drug-likeness (QED) is 0.675. The zero-order valence-electron chi connectivity index (χ0n) is 15.2. The second-order valence-electron chi connectivity index (χ2n) is 6.40. The molecule has 138 valence electrons. The van der Waals surface area contributed by atoms with E-state index >= 15 is 0 Å². The van der Waals surface area contributed by atoms with Gasteiger partial charge < -0.3 is 15.2 Å². The molecule has 0 fully saturated rings. The van der Waals surface area contributed by atoms with E-state index in [1.807, 2.05) is 49.4 Å². The molecule has 0 radical (unpaired) electrons. The summed E-state index contributed by atoms with van der Waals surface area (Å²) in [6.45, 7) is 3.15. The fraction of sp³-hybridized carbons (Fsp3) is 0.182. The average molecular weight is 363 g/mol. The van der Waals surface area contributed by atoms with E-state index in [9.17, 15) is 14.7 Å². The first-order valence-electron chi connectivity index (χ1n) is 8.70. The number of carbonyl (C=O) groups excluding carboxylic acids is 2. The Kier molecular flexibility index (Phi) is 5.41. The van der Waals surface area contributed by atoms with Gasteiger partial charge in [-0.2, -0.15) is 0 Å². The molecule has 3 aromatic carbocycles. The molecule has 0 aromatic heterocycles. The molecule has 1 atom stereocenters. The third-order valence-electron chi connectivity index (χ3n) is 4.46. The molecule has 0 aliphatic heterocycles. The van der Waals surface area contributed by atoms with Crippen molar-refractivity contribution in [3.05, 3.63) is 77.4 Å². The van der Waals surface area contributed by atoms with E-state index in [0.717, 1.165) is 16.3 Å². The Bertz CT molecular complexity index is 991. The van der Waals surface area contributed by atoms with Gasteiger partial charge in [-0.25, -0.2) is 4.79 Å². The van der Waals surface area contributed by atoms with E-state index in [4.69, 9.17) is 4.74 Å². The minimum absolute atomic E-state index is 0.0462. The van der Waals surface area contributed by atoms with Gasteiger partial charge >= 0.3 is 5.97 Å². The number of hydrogen-bond donors (Lipinski definition) is 2. The van der Waals surface area contributed by atoms with Crippen molar-refractivity contribution in [2.75, 3.05) is 6.61 Å². The fourth-order valence-electron chi connectivity index (χ4n) is 3.02. The first-order chi connectivity index (χ1) is 13.0. The van der Waals surface area contributed by atoms with Crippen LogP contribution in [0.3, 0.4) is 0 Å². The highest BCUT2D eigenvalue weighted by Crippen LogP contribution is 2.24. The molecule has 27 heavy (non-hydrogen) atoms. The number of carbonyl (C=O) groups is 2. The number of phenolic OH excluding ortho intramolecular Hbond substituents is 1. The predicted octanol–water partition coefficient (Wildman–Crippen LogP) is 3.89. The van der Waals surface area contributed by atoms with Crippen LogP contribution in [0.25, 0.3) is 10.8 Å². The second kappa shape index (κ2) is 7.91. The Labute approximate surface area is 157 Å². The molecule has 0 saturated heterocycles. The molecule has 0 saturated carbocycles. The number of aryl methyl sites for hydroxylation is 1. The number of amides is 1. The number of ether oxygens (including phenoxy) is 1. The van der Waals surface area contributed by atoms with E-state index < -0.39 is 18.5 Å². The molecular weight excluding hydrogens is 342 g/mol. The van der Waals surface area contributed by atoms with Crippen molar-refractivity contribution >= 4 is 22.6 Å². The molecule has 5 nitrogen and oxygen atoms in total. The lowest BCUT2D eigenvalue weighted by atomic mass is 10.00. The highest BCUT2D eigenvalue weighted by Gasteiger charge is 2.17. The topological polar surface area (TPSA) is 75.6 Å². The van der Waals surface area contributed by atoms with Crippen molar-refractivity contribution < 1.29 is 19.4 Å². The van der Waals surface area contributed by atoms with Crippen molar-refractivity contribution in [1.29, 1.82) is 0 Å². The lowest BCUT2D eigenvalue weighted by molar-refractivity contribution is -0.124. The van der Waals surface area contributed by atoms with Gasteiger partial charge in [0.15, 0.2) is 6.61 Å². The number of hydrogen-bond acceptors (Lipinski definition) is 4. The SMILES string of the molecule is Cc1cccc(C(=O)OCC(=O)N[C@H](C)c2cccc3ccccc23)c1O. The lowest BCUT2D eigenvalue weighted by Crippen LogP contribution is -2.31. The number of para-hydroxylation sites is 1. The number of rotatable bonds is 5. The smallest absolute Gasteiger partial charge is 0.342 e. The van der Waals surface area contributed by atoms with Crippen LogP contribution in [0.1, 0.15) is 34.5 Å². The standard InChI is InChI=1S/C22H21NO4/c1-14-7-5-12-19(21(14)25)22(26)27-13-20(24)23-15(2)17-11-6-9-16-8-3-4-10-18(16)17/h3-12,15,25H,13H2,1-2H3,(H,23,24)/t15-/m1/s1. The number of benzene rings is 3. The van der Waals surface area contributed by atoms with Gasteiger partial charge in [-0.05, 0) is 41.8 Å². The molecule has 0 aliphatic carbocycles. The molecule has 3 aromatic rings. The van der Waals surface area contributed by atoms with E-state index in [1.54, 1.807) is 19.1 Å². The highest BCUT2D eigenvalue weighted by atomic mass is 16.5. The van der Waals surface area contributed by atoms with Crippen molar-refractivity contribution in [3.8, 4) is 5.75 Å². The van der Waals surface area contributed by atoms with Crippen LogP contribution in [-0.2, 0) is 9.53 Å². The third kappa shape index (κ3) is 4.08. The predicted molar refractivity (Wildman–Crippen MR) is 104 cm³/mol. The van der Waals surface area contributed by atoms with Gasteiger partial charge in [0, 0.05) is 0 Å². The summed E-state index contributed by atoms with van der Waals surface area (Å²) in [6, 6.07) is 18.4. The van der Waals surface area contributed by atoms with Gasteiger partial charge in [-0.1, -0.05) is 54.6 Å². The fourth-order valence-corrected chi connectivity index (χ4v) is 3.02. The minimum Gasteiger partial charge on any atom is -0.507 e. The summed E-state index contributed by atoms with van der Waals surface area (Å²) in [5.74, 6) is -1.27. The van der Waals surface area contributed by atoms with Crippen LogP contribution in [-0.4, -0.2) is 23.6 Å². The Morgan fingerprint density at radius 2 is 1.74 bits per heavy atom. The zero-order chi connectivity index (χ0) is 19.4. The molecule has 0 bridgehead atoms. The van der Waals surface area contributed by atoms with E-state index in [-0.39, 0.29) is 17.4 Å². The van der Waals surface area contributed by atoms with Gasteiger partial charge in [0.1, 0.15) is 11.3 Å². The monoisotopic (exact) mass is 363 g/mol. The van der Waals surface area contributed by atoms with Gasteiger partial charge in [-0.15, -0.1) is 0 Å². The Morgan fingerprint density at radius 1 is 1.04 bits per heavy atom. The minimum atomic E-state index is -0.732. The van der Waals surface area contributed by atoms with E-state index in [1.165, 1.54) is 6.07 Å². The van der Waals surface area contributed by atoms with E-state index in [2.05, 4.69) is 5.32 Å². The molecule has 2 N–H and O–H groups in total. The summed E-state index contributed by atoms with van der Waals surface area (Å²) in [5, 5.41) is 14.9. The summed E-state index contributed by atoms with van der Waals surface area (Å²) in [4.78, 5) is 24.3.